The maximum Gasteiger partial charge on any atom is 0.276 e. The lowest BCUT2D eigenvalue weighted by Gasteiger charge is -1.91. The number of aromatic amines is 1. The minimum absolute atomic E-state index is 0.185. The van der Waals surface area contributed by atoms with Gasteiger partial charge in [0.2, 0.25) is 0 Å². The third-order valence-electron chi connectivity index (χ3n) is 2.76. The summed E-state index contributed by atoms with van der Waals surface area (Å²) in [7, 11) is -0.406. The van der Waals surface area contributed by atoms with Gasteiger partial charge in [0, 0.05) is 34.7 Å². The van der Waals surface area contributed by atoms with Gasteiger partial charge in [-0.25, -0.2) is 4.21 Å². The van der Waals surface area contributed by atoms with E-state index in [0.717, 1.165) is 10.9 Å². The molecular formula is C12H14N6OS. The van der Waals surface area contributed by atoms with Gasteiger partial charge >= 0.3 is 0 Å². The highest BCUT2D eigenvalue weighted by molar-refractivity contribution is 7.92. The first-order valence-electron chi connectivity index (χ1n) is 5.96. The van der Waals surface area contributed by atoms with Crippen molar-refractivity contribution in [3.8, 4) is 11.5 Å². The van der Waals surface area contributed by atoms with E-state index >= 15 is 0 Å². The molecule has 0 aliphatic heterocycles. The number of fused-ring (bicyclic) bond motifs is 1. The predicted molar refractivity (Wildman–Crippen MR) is 78.2 cm³/mol. The van der Waals surface area contributed by atoms with E-state index in [-0.39, 0.29) is 5.95 Å². The van der Waals surface area contributed by atoms with Crippen molar-refractivity contribution in [3.63, 3.8) is 0 Å². The summed E-state index contributed by atoms with van der Waals surface area (Å²) in [6, 6.07) is 7.86. The van der Waals surface area contributed by atoms with Gasteiger partial charge in [0.1, 0.15) is 5.69 Å². The monoisotopic (exact) mass is 290 g/mol. The van der Waals surface area contributed by atoms with Crippen LogP contribution in [0.5, 0.6) is 0 Å². The quantitative estimate of drug-likeness (QED) is 0.778. The molecule has 0 radical (unpaired) electrons. The predicted octanol–water partition coefficient (Wildman–Crippen LogP) is 1.72. The van der Waals surface area contributed by atoms with E-state index in [4.69, 9.17) is 0 Å². The molecule has 0 saturated heterocycles. The summed E-state index contributed by atoms with van der Waals surface area (Å²) in [5, 5.41) is 12.2. The number of rotatable bonds is 2. The fourth-order valence-electron chi connectivity index (χ4n) is 1.99. The molecule has 0 spiro atoms. The van der Waals surface area contributed by atoms with Crippen LogP contribution in [0, 0.1) is 0 Å². The second-order valence-corrected chi connectivity index (χ2v) is 7.29. The highest BCUT2D eigenvalue weighted by atomic mass is 32.2. The van der Waals surface area contributed by atoms with E-state index in [9.17, 15) is 4.21 Å². The Hall–Kier alpha value is -2.22. The lowest BCUT2D eigenvalue weighted by molar-refractivity contribution is 0.684. The molecular weight excluding hydrogens is 276 g/mol. The summed E-state index contributed by atoms with van der Waals surface area (Å²) in [6.45, 7) is 0. The van der Waals surface area contributed by atoms with Gasteiger partial charge in [-0.3, -0.25) is 9.78 Å². The van der Waals surface area contributed by atoms with Gasteiger partial charge in [0.25, 0.3) is 5.95 Å². The largest absolute Gasteiger partial charge is 0.276 e. The molecule has 3 aromatic rings. The fraction of sp³-hybridized carbons (Fsp3) is 0.250. The zero-order valence-corrected chi connectivity index (χ0v) is 12.2. The van der Waals surface area contributed by atoms with Crippen LogP contribution in [0.3, 0.4) is 0 Å². The van der Waals surface area contributed by atoms with Crippen molar-refractivity contribution in [3.05, 3.63) is 24.3 Å². The van der Waals surface area contributed by atoms with Gasteiger partial charge < -0.3 is 0 Å². The van der Waals surface area contributed by atoms with E-state index in [1.807, 2.05) is 31.3 Å². The number of para-hydroxylation sites is 1. The standard InChI is InChI=1S/C12H14N6OS/c1-18-9-7-5-4-6-8(9)10(16-18)11-13-12(15-14-11)17-20(2,3)19/h4-7H,1-3H3,(H,13,14,15). The lowest BCUT2D eigenvalue weighted by Crippen LogP contribution is -1.90. The molecule has 3 rings (SSSR count). The molecule has 1 N–H and O–H groups in total. The summed E-state index contributed by atoms with van der Waals surface area (Å²) in [6.07, 6.45) is 3.08. The molecule has 0 fully saturated rings. The number of benzene rings is 1. The van der Waals surface area contributed by atoms with Gasteiger partial charge in [-0.05, 0) is 6.07 Å². The maximum atomic E-state index is 11.6. The first-order valence-corrected chi connectivity index (χ1v) is 8.29. The van der Waals surface area contributed by atoms with Crippen LogP contribution in [-0.4, -0.2) is 41.7 Å². The first-order chi connectivity index (χ1) is 9.44. The average molecular weight is 290 g/mol. The highest BCUT2D eigenvalue weighted by Gasteiger charge is 2.14. The van der Waals surface area contributed by atoms with Crippen LogP contribution in [0.25, 0.3) is 22.4 Å². The number of aryl methyl sites for hydroxylation is 1. The van der Waals surface area contributed by atoms with Crippen molar-refractivity contribution >= 4 is 26.6 Å². The third kappa shape index (κ3) is 2.29. The van der Waals surface area contributed by atoms with Crippen molar-refractivity contribution in [2.45, 2.75) is 0 Å². The summed E-state index contributed by atoms with van der Waals surface area (Å²) >= 11 is 0. The number of hydrogen-bond acceptors (Lipinski definition) is 5. The average Bonchev–Trinajstić information content (AvgIpc) is 2.93. The number of aromatic nitrogens is 5. The topological polar surface area (TPSA) is 88.8 Å². The van der Waals surface area contributed by atoms with Gasteiger partial charge in [-0.1, -0.05) is 18.2 Å². The summed E-state index contributed by atoms with van der Waals surface area (Å²) in [4.78, 5) is 4.24. The van der Waals surface area contributed by atoms with Crippen LogP contribution in [0.15, 0.2) is 28.6 Å². The molecule has 104 valence electrons. The second-order valence-electron chi connectivity index (χ2n) is 4.75. The van der Waals surface area contributed by atoms with Crippen molar-refractivity contribution in [2.75, 3.05) is 12.5 Å². The zero-order valence-electron chi connectivity index (χ0n) is 11.4. The first kappa shape index (κ1) is 12.8. The number of nitrogens with zero attached hydrogens (tertiary/aromatic N) is 5. The number of nitrogens with one attached hydrogen (secondary N) is 1. The minimum atomic E-state index is -2.28. The van der Waals surface area contributed by atoms with Crippen molar-refractivity contribution in [1.29, 1.82) is 0 Å². The maximum absolute atomic E-state index is 11.6. The normalized spacial score (nSPS) is 11.9. The van der Waals surface area contributed by atoms with Crippen molar-refractivity contribution < 1.29 is 4.21 Å². The van der Waals surface area contributed by atoms with Crippen molar-refractivity contribution in [1.82, 2.24) is 25.0 Å². The zero-order chi connectivity index (χ0) is 14.3. The van der Waals surface area contributed by atoms with E-state index in [2.05, 4.69) is 24.6 Å². The molecule has 20 heavy (non-hydrogen) atoms. The third-order valence-corrected chi connectivity index (χ3v) is 3.36. The highest BCUT2D eigenvalue weighted by Crippen LogP contribution is 2.25. The van der Waals surface area contributed by atoms with Gasteiger partial charge in [-0.15, -0.1) is 5.10 Å². The Morgan fingerprint density at radius 3 is 2.80 bits per heavy atom. The molecule has 8 heteroatoms. The van der Waals surface area contributed by atoms with Crippen LogP contribution in [0.1, 0.15) is 0 Å². The van der Waals surface area contributed by atoms with E-state index in [0.29, 0.717) is 11.5 Å². The van der Waals surface area contributed by atoms with Crippen LogP contribution in [-0.2, 0) is 16.8 Å². The van der Waals surface area contributed by atoms with Gasteiger partial charge in [0.05, 0.1) is 5.52 Å². The van der Waals surface area contributed by atoms with Crippen LogP contribution < -0.4 is 0 Å². The lowest BCUT2D eigenvalue weighted by atomic mass is 10.2. The molecule has 0 aliphatic carbocycles. The second kappa shape index (κ2) is 4.41. The van der Waals surface area contributed by atoms with Crippen LogP contribution in [0.4, 0.5) is 5.95 Å². The summed E-state index contributed by atoms with van der Waals surface area (Å²) in [5.41, 5.74) is 1.71. The Balaban J connectivity index is 2.15. The Kier molecular flexibility index (Phi) is 2.82. The van der Waals surface area contributed by atoms with E-state index in [1.165, 1.54) is 0 Å². The minimum Gasteiger partial charge on any atom is -0.267 e. The molecule has 2 aromatic heterocycles. The molecule has 0 aliphatic rings. The summed E-state index contributed by atoms with van der Waals surface area (Å²) in [5.74, 6) is 0.703. The van der Waals surface area contributed by atoms with Gasteiger partial charge in [0.15, 0.2) is 5.82 Å². The number of H-pyrrole nitrogens is 1. The molecule has 0 unspecified atom stereocenters. The van der Waals surface area contributed by atoms with Gasteiger partial charge in [-0.2, -0.15) is 14.4 Å². The van der Waals surface area contributed by atoms with Crippen LogP contribution in [0.2, 0.25) is 0 Å². The molecule has 2 heterocycles. The van der Waals surface area contributed by atoms with E-state index in [1.54, 1.807) is 17.2 Å². The van der Waals surface area contributed by atoms with Crippen LogP contribution >= 0.6 is 0 Å². The fourth-order valence-corrected chi connectivity index (χ4v) is 2.46. The Bertz CT molecular complexity index is 892. The molecule has 0 amide bonds. The van der Waals surface area contributed by atoms with Crippen molar-refractivity contribution in [2.24, 2.45) is 11.4 Å². The SMILES string of the molecule is Cn1nc(-c2nc(N=S(C)(C)=O)n[nH]2)c2ccccc21. The molecule has 0 bridgehead atoms. The molecule has 7 nitrogen and oxygen atoms in total. The number of hydrogen-bond donors (Lipinski definition) is 1. The smallest absolute Gasteiger partial charge is 0.267 e. The molecule has 0 saturated carbocycles. The molecule has 0 atom stereocenters. The Morgan fingerprint density at radius 1 is 1.30 bits per heavy atom. The van der Waals surface area contributed by atoms with E-state index < -0.39 is 9.73 Å². The Labute approximate surface area is 116 Å². The molecule has 1 aromatic carbocycles. The Morgan fingerprint density at radius 2 is 2.05 bits per heavy atom. The summed E-state index contributed by atoms with van der Waals surface area (Å²) < 4.78 is 17.4.